The lowest BCUT2D eigenvalue weighted by Crippen LogP contribution is -2.43. The topological polar surface area (TPSA) is 96.9 Å². The summed E-state index contributed by atoms with van der Waals surface area (Å²) in [5.41, 5.74) is 1.01. The Labute approximate surface area is 175 Å². The van der Waals surface area contributed by atoms with Crippen LogP contribution in [0.15, 0.2) is 36.4 Å². The van der Waals surface area contributed by atoms with E-state index in [9.17, 15) is 14.7 Å². The molecule has 0 spiro atoms. The third-order valence-electron chi connectivity index (χ3n) is 3.81. The molecule has 0 aliphatic carbocycles. The number of amides is 1. The second kappa shape index (κ2) is 9.52. The van der Waals surface area contributed by atoms with Gasteiger partial charge in [-0.1, -0.05) is 11.6 Å². The molecular weight excluding hydrogens is 396 g/mol. The number of benzene rings is 2. The molecule has 0 atom stereocenters. The zero-order valence-corrected chi connectivity index (χ0v) is 17.6. The van der Waals surface area contributed by atoms with E-state index in [1.807, 2.05) is 20.8 Å². The molecule has 0 heterocycles. The minimum absolute atomic E-state index is 0.134. The molecule has 0 saturated heterocycles. The van der Waals surface area contributed by atoms with Crippen LogP contribution in [0, 0.1) is 0 Å². The lowest BCUT2D eigenvalue weighted by Gasteiger charge is -2.21. The monoisotopic (exact) mass is 420 g/mol. The Balaban J connectivity index is 2.15. The van der Waals surface area contributed by atoms with Gasteiger partial charge in [-0.3, -0.25) is 4.79 Å². The Morgan fingerprint density at radius 2 is 1.79 bits per heavy atom. The Morgan fingerprint density at radius 1 is 1.10 bits per heavy atom. The van der Waals surface area contributed by atoms with Gasteiger partial charge in [-0.05, 0) is 57.2 Å². The Hall–Kier alpha value is -2.93. The van der Waals surface area contributed by atoms with Gasteiger partial charge in [0.2, 0.25) is 0 Å². The van der Waals surface area contributed by atoms with Gasteiger partial charge in [0.05, 0.1) is 18.4 Å². The highest BCUT2D eigenvalue weighted by Gasteiger charge is 2.15. The molecule has 8 heteroatoms. The van der Waals surface area contributed by atoms with Crippen LogP contribution in [0.1, 0.15) is 36.7 Å². The van der Waals surface area contributed by atoms with Gasteiger partial charge >= 0.3 is 5.97 Å². The van der Waals surface area contributed by atoms with Crippen molar-refractivity contribution in [3.8, 4) is 11.5 Å². The molecule has 2 rings (SSSR count). The highest BCUT2D eigenvalue weighted by molar-refractivity contribution is 6.30. The molecule has 0 bridgehead atoms. The van der Waals surface area contributed by atoms with Gasteiger partial charge in [-0.15, -0.1) is 0 Å². The van der Waals surface area contributed by atoms with Gasteiger partial charge in [0, 0.05) is 22.7 Å². The van der Waals surface area contributed by atoms with Crippen molar-refractivity contribution in [3.05, 3.63) is 52.5 Å². The average Bonchev–Trinajstić information content (AvgIpc) is 2.63. The lowest BCUT2D eigenvalue weighted by molar-refractivity contribution is -0.124. The van der Waals surface area contributed by atoms with Gasteiger partial charge in [0.1, 0.15) is 11.5 Å². The summed E-state index contributed by atoms with van der Waals surface area (Å²) < 4.78 is 11.0. The van der Waals surface area contributed by atoms with Crippen molar-refractivity contribution < 1.29 is 24.2 Å². The molecule has 0 aliphatic rings. The summed E-state index contributed by atoms with van der Waals surface area (Å²) in [5.74, 6) is -0.266. The number of ether oxygens (including phenoxy) is 2. The summed E-state index contributed by atoms with van der Waals surface area (Å²) in [6.07, 6.45) is 0. The number of carbonyl (C=O) groups is 2. The summed E-state index contributed by atoms with van der Waals surface area (Å²) in [6.45, 7) is 5.82. The van der Waals surface area contributed by atoms with E-state index < -0.39 is 5.97 Å². The molecule has 3 N–H and O–H groups in total. The minimum atomic E-state index is -1.03. The lowest BCUT2D eigenvalue weighted by atomic mass is 10.1. The highest BCUT2D eigenvalue weighted by Crippen LogP contribution is 2.28. The number of rotatable bonds is 8. The van der Waals surface area contributed by atoms with Crippen molar-refractivity contribution in [1.29, 1.82) is 0 Å². The summed E-state index contributed by atoms with van der Waals surface area (Å²) in [5, 5.41) is 15.7. The van der Waals surface area contributed by atoms with Crippen LogP contribution >= 0.6 is 11.6 Å². The molecule has 2 aromatic rings. The van der Waals surface area contributed by atoms with Crippen molar-refractivity contribution >= 4 is 29.2 Å². The van der Waals surface area contributed by atoms with Crippen molar-refractivity contribution in [2.45, 2.75) is 32.9 Å². The zero-order valence-electron chi connectivity index (χ0n) is 16.8. The summed E-state index contributed by atoms with van der Waals surface area (Å²) in [4.78, 5) is 23.3. The van der Waals surface area contributed by atoms with Gasteiger partial charge in [-0.25, -0.2) is 4.79 Å². The number of carbonyl (C=O) groups excluding carboxylic acids is 1. The van der Waals surface area contributed by atoms with Gasteiger partial charge in [-0.2, -0.15) is 0 Å². The van der Waals surface area contributed by atoms with Crippen LogP contribution in [0.3, 0.4) is 0 Å². The Morgan fingerprint density at radius 3 is 2.41 bits per heavy atom. The van der Waals surface area contributed by atoms with Crippen LogP contribution < -0.4 is 20.1 Å². The fourth-order valence-electron chi connectivity index (χ4n) is 2.59. The fourth-order valence-corrected chi connectivity index (χ4v) is 2.79. The van der Waals surface area contributed by atoms with E-state index in [-0.39, 0.29) is 30.2 Å². The maximum absolute atomic E-state index is 12.0. The van der Waals surface area contributed by atoms with E-state index >= 15 is 0 Å². The maximum Gasteiger partial charge on any atom is 0.335 e. The Kier molecular flexibility index (Phi) is 7.34. The smallest absolute Gasteiger partial charge is 0.335 e. The quantitative estimate of drug-likeness (QED) is 0.598. The van der Waals surface area contributed by atoms with Gasteiger partial charge in [0.25, 0.3) is 5.91 Å². The van der Waals surface area contributed by atoms with Crippen LogP contribution in [0.5, 0.6) is 11.5 Å². The van der Waals surface area contributed by atoms with E-state index in [1.54, 1.807) is 24.3 Å². The maximum atomic E-state index is 12.0. The Bertz CT molecular complexity index is 893. The van der Waals surface area contributed by atoms with Crippen LogP contribution in [-0.4, -0.2) is 36.2 Å². The number of aromatic carboxylic acids is 1. The van der Waals surface area contributed by atoms with E-state index in [0.717, 1.165) is 0 Å². The number of carboxylic acid groups (broad SMARTS) is 1. The number of methoxy groups -OCH3 is 1. The number of halogens is 1. The second-order valence-corrected chi connectivity index (χ2v) is 7.85. The first-order valence-electron chi connectivity index (χ1n) is 8.96. The molecule has 156 valence electrons. The van der Waals surface area contributed by atoms with E-state index in [2.05, 4.69) is 10.6 Å². The molecule has 1 amide bonds. The predicted octanol–water partition coefficient (Wildman–Crippen LogP) is 3.95. The van der Waals surface area contributed by atoms with Crippen LogP contribution in [0.25, 0.3) is 0 Å². The average molecular weight is 421 g/mol. The molecule has 0 fully saturated rings. The highest BCUT2D eigenvalue weighted by atomic mass is 35.5. The molecule has 7 nitrogen and oxygen atoms in total. The summed E-state index contributed by atoms with van der Waals surface area (Å²) in [7, 11) is 1.50. The third-order valence-corrected chi connectivity index (χ3v) is 4.05. The number of carboxylic acids is 1. The van der Waals surface area contributed by atoms with Gasteiger partial charge in [0.15, 0.2) is 6.61 Å². The fraction of sp³-hybridized carbons (Fsp3) is 0.333. The minimum Gasteiger partial charge on any atom is -0.495 e. The first-order chi connectivity index (χ1) is 13.6. The zero-order chi connectivity index (χ0) is 21.6. The molecule has 2 aromatic carbocycles. The largest absolute Gasteiger partial charge is 0.495 e. The van der Waals surface area contributed by atoms with Crippen molar-refractivity contribution in [3.63, 3.8) is 0 Å². The normalized spacial score (nSPS) is 10.9. The standard InChI is InChI=1S/C21H25ClN2O5/c1-21(2,3)24-19(25)12-29-17-8-6-15(22)9-14(17)11-23-16-10-13(20(26)27)5-7-18(16)28-4/h5-10,23H,11-12H2,1-4H3,(H,24,25)(H,26,27). The van der Waals surface area contributed by atoms with Gasteiger partial charge < -0.3 is 25.2 Å². The predicted molar refractivity (Wildman–Crippen MR) is 112 cm³/mol. The SMILES string of the molecule is COc1ccc(C(=O)O)cc1NCc1cc(Cl)ccc1OCC(=O)NC(C)(C)C. The number of anilines is 1. The second-order valence-electron chi connectivity index (χ2n) is 7.41. The van der Waals surface area contributed by atoms with E-state index in [1.165, 1.54) is 19.2 Å². The van der Waals surface area contributed by atoms with Crippen molar-refractivity contribution in [1.82, 2.24) is 5.32 Å². The molecule has 0 unspecified atom stereocenters. The molecule has 0 saturated carbocycles. The van der Waals surface area contributed by atoms with E-state index in [4.69, 9.17) is 21.1 Å². The molecule has 0 aromatic heterocycles. The van der Waals surface area contributed by atoms with Crippen LogP contribution in [-0.2, 0) is 11.3 Å². The number of hydrogen-bond acceptors (Lipinski definition) is 5. The molecular formula is C21H25ClN2O5. The summed E-state index contributed by atoms with van der Waals surface area (Å²) in [6, 6.07) is 9.62. The molecule has 0 aliphatic heterocycles. The van der Waals surface area contributed by atoms with Crippen LogP contribution in [0.2, 0.25) is 5.02 Å². The summed E-state index contributed by atoms with van der Waals surface area (Å²) >= 11 is 6.11. The first kappa shape index (κ1) is 22.4. The molecule has 0 radical (unpaired) electrons. The molecule has 29 heavy (non-hydrogen) atoms. The van der Waals surface area contributed by atoms with Crippen molar-refractivity contribution in [2.24, 2.45) is 0 Å². The van der Waals surface area contributed by atoms with Crippen LogP contribution in [0.4, 0.5) is 5.69 Å². The number of hydrogen-bond donors (Lipinski definition) is 3. The number of nitrogens with one attached hydrogen (secondary N) is 2. The van der Waals surface area contributed by atoms with E-state index in [0.29, 0.717) is 27.8 Å². The van der Waals surface area contributed by atoms with Crippen molar-refractivity contribution in [2.75, 3.05) is 19.0 Å². The first-order valence-corrected chi connectivity index (χ1v) is 9.34. The third kappa shape index (κ3) is 6.87.